The van der Waals surface area contributed by atoms with E-state index in [9.17, 15) is 9.90 Å². The quantitative estimate of drug-likeness (QED) is 0.826. The molecule has 1 aromatic heterocycles. The van der Waals surface area contributed by atoms with Crippen LogP contribution in [-0.2, 0) is 11.2 Å². The second-order valence-corrected chi connectivity index (χ2v) is 5.60. The number of hydrogen-bond acceptors (Lipinski definition) is 2. The van der Waals surface area contributed by atoms with Crippen molar-refractivity contribution in [1.82, 2.24) is 4.98 Å². The molecule has 0 aliphatic carbocycles. The first-order valence-electron chi connectivity index (χ1n) is 6.38. The first kappa shape index (κ1) is 15.2. The molecule has 1 aromatic rings. The zero-order valence-corrected chi connectivity index (χ0v) is 12.5. The molecule has 0 aliphatic rings. The van der Waals surface area contributed by atoms with Crippen LogP contribution in [0.2, 0.25) is 0 Å². The number of nitrogens with zero attached hydrogens (tertiary/aromatic N) is 1. The lowest BCUT2D eigenvalue weighted by molar-refractivity contribution is -0.149. The zero-order valence-electron chi connectivity index (χ0n) is 10.9. The van der Waals surface area contributed by atoms with Crippen LogP contribution in [0.3, 0.4) is 0 Å². The Morgan fingerprint density at radius 1 is 1.44 bits per heavy atom. The maximum atomic E-state index is 11.6. The van der Waals surface area contributed by atoms with E-state index in [2.05, 4.69) is 27.8 Å². The Balaban J connectivity index is 2.89. The number of aliphatic carboxylic acids is 1. The predicted molar refractivity (Wildman–Crippen MR) is 75.5 cm³/mol. The van der Waals surface area contributed by atoms with Crippen LogP contribution >= 0.6 is 15.9 Å². The highest BCUT2D eigenvalue weighted by atomic mass is 79.9. The molecule has 1 rings (SSSR count). The van der Waals surface area contributed by atoms with E-state index >= 15 is 0 Å². The number of pyridine rings is 1. The minimum Gasteiger partial charge on any atom is -0.481 e. The molecule has 4 heteroatoms. The van der Waals surface area contributed by atoms with Gasteiger partial charge in [0, 0.05) is 22.8 Å². The molecule has 100 valence electrons. The summed E-state index contributed by atoms with van der Waals surface area (Å²) < 4.78 is 0.914. The third-order valence-corrected chi connectivity index (χ3v) is 3.92. The van der Waals surface area contributed by atoms with Gasteiger partial charge in [0.15, 0.2) is 0 Å². The molecule has 0 fully saturated rings. The van der Waals surface area contributed by atoms with E-state index in [4.69, 9.17) is 0 Å². The highest BCUT2D eigenvalue weighted by Crippen LogP contribution is 2.33. The van der Waals surface area contributed by atoms with Crippen molar-refractivity contribution in [3.8, 4) is 0 Å². The minimum absolute atomic E-state index is 0.506. The van der Waals surface area contributed by atoms with Gasteiger partial charge in [-0.05, 0) is 40.9 Å². The zero-order chi connectivity index (χ0) is 13.6. The molecule has 0 amide bonds. The van der Waals surface area contributed by atoms with Crippen LogP contribution in [0.1, 0.15) is 45.2 Å². The Morgan fingerprint density at radius 3 is 2.61 bits per heavy atom. The molecule has 0 spiro atoms. The van der Waals surface area contributed by atoms with E-state index in [-0.39, 0.29) is 0 Å². The summed E-state index contributed by atoms with van der Waals surface area (Å²) in [6, 6.07) is 3.80. The largest absolute Gasteiger partial charge is 0.481 e. The predicted octanol–water partition coefficient (Wildman–Crippen LogP) is 4.06. The Bertz CT molecular complexity index is 391. The fourth-order valence-corrected chi connectivity index (χ4v) is 2.33. The Kier molecular flexibility index (Phi) is 5.79. The number of rotatable bonds is 7. The van der Waals surface area contributed by atoms with Crippen LogP contribution in [0.4, 0.5) is 0 Å². The summed E-state index contributed by atoms with van der Waals surface area (Å²) in [4.78, 5) is 15.9. The molecule has 1 heterocycles. The van der Waals surface area contributed by atoms with Crippen molar-refractivity contribution in [3.63, 3.8) is 0 Å². The number of unbranched alkanes of at least 4 members (excludes halogenated alkanes) is 1. The molecule has 0 radical (unpaired) electrons. The summed E-state index contributed by atoms with van der Waals surface area (Å²) in [5.74, 6) is -0.705. The van der Waals surface area contributed by atoms with E-state index in [1.54, 1.807) is 6.20 Å². The van der Waals surface area contributed by atoms with Crippen molar-refractivity contribution in [2.45, 2.75) is 46.0 Å². The van der Waals surface area contributed by atoms with E-state index in [0.717, 1.165) is 23.0 Å². The van der Waals surface area contributed by atoms with Crippen LogP contribution in [0, 0.1) is 5.41 Å². The van der Waals surface area contributed by atoms with Crippen molar-refractivity contribution in [2.24, 2.45) is 5.41 Å². The van der Waals surface area contributed by atoms with E-state index in [0.29, 0.717) is 19.3 Å². The van der Waals surface area contributed by atoms with Gasteiger partial charge in [-0.15, -0.1) is 0 Å². The van der Waals surface area contributed by atoms with E-state index < -0.39 is 11.4 Å². The Morgan fingerprint density at radius 2 is 2.17 bits per heavy atom. The normalized spacial score (nSPS) is 14.2. The monoisotopic (exact) mass is 313 g/mol. The maximum Gasteiger partial charge on any atom is 0.310 e. The number of carboxylic acid groups (broad SMARTS) is 1. The average molecular weight is 314 g/mol. The number of hydrogen-bond donors (Lipinski definition) is 1. The molecule has 0 aromatic carbocycles. The number of carbonyl (C=O) groups is 1. The van der Waals surface area contributed by atoms with Gasteiger partial charge in [0.25, 0.3) is 0 Å². The van der Waals surface area contributed by atoms with Gasteiger partial charge in [-0.2, -0.15) is 0 Å². The molecular formula is C14H20BrNO2. The number of halogens is 1. The van der Waals surface area contributed by atoms with Crippen LogP contribution in [0.5, 0.6) is 0 Å². The summed E-state index contributed by atoms with van der Waals surface area (Å²) >= 11 is 3.33. The van der Waals surface area contributed by atoms with Crippen LogP contribution < -0.4 is 0 Å². The van der Waals surface area contributed by atoms with Crippen LogP contribution in [0.25, 0.3) is 0 Å². The third kappa shape index (κ3) is 3.80. The highest BCUT2D eigenvalue weighted by molar-refractivity contribution is 9.10. The molecule has 1 atom stereocenters. The van der Waals surface area contributed by atoms with Crippen molar-refractivity contribution in [3.05, 3.63) is 28.5 Å². The van der Waals surface area contributed by atoms with Gasteiger partial charge in [0.1, 0.15) is 0 Å². The summed E-state index contributed by atoms with van der Waals surface area (Å²) in [5, 5.41) is 9.53. The molecule has 1 N–H and O–H groups in total. The van der Waals surface area contributed by atoms with Gasteiger partial charge in [0.2, 0.25) is 0 Å². The fourth-order valence-electron chi connectivity index (χ4n) is 2.10. The van der Waals surface area contributed by atoms with Crippen molar-refractivity contribution >= 4 is 21.9 Å². The maximum absolute atomic E-state index is 11.6. The lowest BCUT2D eigenvalue weighted by Gasteiger charge is -2.27. The lowest BCUT2D eigenvalue weighted by Crippen LogP contribution is -2.33. The summed E-state index contributed by atoms with van der Waals surface area (Å²) in [6.45, 7) is 4.03. The molecule has 0 saturated heterocycles. The first-order valence-corrected chi connectivity index (χ1v) is 7.17. The van der Waals surface area contributed by atoms with Crippen molar-refractivity contribution in [2.75, 3.05) is 0 Å². The standard InChI is InChI=1S/C14H20BrNO2/c1-3-5-8-14(4-2,13(17)18)9-12-7-6-11(15)10-16-12/h6-7,10H,3-5,8-9H2,1-2H3,(H,17,18). The van der Waals surface area contributed by atoms with Crippen LogP contribution in [-0.4, -0.2) is 16.1 Å². The second-order valence-electron chi connectivity index (χ2n) is 4.69. The Hall–Kier alpha value is -0.900. The number of aromatic nitrogens is 1. The smallest absolute Gasteiger partial charge is 0.310 e. The molecule has 0 saturated carbocycles. The molecule has 0 aliphatic heterocycles. The molecule has 3 nitrogen and oxygen atoms in total. The average Bonchev–Trinajstić information content (AvgIpc) is 2.36. The summed E-state index contributed by atoms with van der Waals surface area (Å²) in [6.07, 6.45) is 5.54. The van der Waals surface area contributed by atoms with Gasteiger partial charge in [-0.25, -0.2) is 0 Å². The van der Waals surface area contributed by atoms with Gasteiger partial charge in [-0.3, -0.25) is 9.78 Å². The fraction of sp³-hybridized carbons (Fsp3) is 0.571. The topological polar surface area (TPSA) is 50.2 Å². The third-order valence-electron chi connectivity index (χ3n) is 3.45. The Labute approximate surface area is 117 Å². The van der Waals surface area contributed by atoms with Crippen molar-refractivity contribution in [1.29, 1.82) is 0 Å². The van der Waals surface area contributed by atoms with Crippen molar-refractivity contribution < 1.29 is 9.90 Å². The van der Waals surface area contributed by atoms with Gasteiger partial charge in [-0.1, -0.05) is 26.7 Å². The lowest BCUT2D eigenvalue weighted by atomic mass is 9.76. The van der Waals surface area contributed by atoms with E-state index in [1.165, 1.54) is 0 Å². The van der Waals surface area contributed by atoms with Gasteiger partial charge < -0.3 is 5.11 Å². The van der Waals surface area contributed by atoms with Gasteiger partial charge in [0.05, 0.1) is 5.41 Å². The first-order chi connectivity index (χ1) is 8.54. The SMILES string of the molecule is CCCCC(CC)(Cc1ccc(Br)cn1)C(=O)O. The van der Waals surface area contributed by atoms with Crippen LogP contribution in [0.15, 0.2) is 22.8 Å². The molecular weight excluding hydrogens is 294 g/mol. The second kappa shape index (κ2) is 6.88. The van der Waals surface area contributed by atoms with Gasteiger partial charge >= 0.3 is 5.97 Å². The molecule has 0 bridgehead atoms. The van der Waals surface area contributed by atoms with E-state index in [1.807, 2.05) is 19.1 Å². The summed E-state index contributed by atoms with van der Waals surface area (Å²) in [7, 11) is 0. The number of carboxylic acids is 1. The summed E-state index contributed by atoms with van der Waals surface area (Å²) in [5.41, 5.74) is 0.176. The molecule has 18 heavy (non-hydrogen) atoms. The highest BCUT2D eigenvalue weighted by Gasteiger charge is 2.36. The molecule has 1 unspecified atom stereocenters. The minimum atomic E-state index is -0.705.